The highest BCUT2D eigenvalue weighted by atomic mass is 16.2. The number of hydrogen-bond donors (Lipinski definition) is 1. The van der Waals surface area contributed by atoms with Gasteiger partial charge in [-0.1, -0.05) is 13.8 Å². The summed E-state index contributed by atoms with van der Waals surface area (Å²) >= 11 is 0. The van der Waals surface area contributed by atoms with E-state index in [1.165, 1.54) is 19.3 Å². The molecule has 1 heterocycles. The fraction of sp³-hybridized carbons (Fsp3) is 0.929. The van der Waals surface area contributed by atoms with E-state index in [-0.39, 0.29) is 23.7 Å². The number of hydrogen-bond acceptors (Lipinski definition) is 3. The van der Waals surface area contributed by atoms with Crippen molar-refractivity contribution in [2.24, 2.45) is 5.92 Å². The number of likely N-dealkylation sites (N-methyl/N-ethyl adjacent to an activating group) is 1. The zero-order chi connectivity index (χ0) is 13.5. The summed E-state index contributed by atoms with van der Waals surface area (Å²) in [5, 5.41) is 3.42. The Bertz CT molecular complexity index is 323. The molecule has 2 aliphatic rings. The van der Waals surface area contributed by atoms with E-state index in [1.807, 2.05) is 4.90 Å². The lowest BCUT2D eigenvalue weighted by Gasteiger charge is -2.49. The topological polar surface area (TPSA) is 35.6 Å². The molecule has 0 aromatic heterocycles. The minimum atomic E-state index is -0.000659. The lowest BCUT2D eigenvalue weighted by molar-refractivity contribution is -0.133. The fourth-order valence-corrected chi connectivity index (χ4v) is 3.13. The second-order valence-corrected chi connectivity index (χ2v) is 6.50. The molecule has 0 aromatic rings. The minimum Gasteiger partial charge on any atom is -0.324 e. The summed E-state index contributed by atoms with van der Waals surface area (Å²) in [7, 11) is 4.27. The predicted octanol–water partition coefficient (Wildman–Crippen LogP) is 1.27. The van der Waals surface area contributed by atoms with Gasteiger partial charge in [0.2, 0.25) is 5.91 Å². The summed E-state index contributed by atoms with van der Waals surface area (Å²) in [6, 6.07) is -0.000659. The SMILES string of the molecule is CC(C)C1NC(C)N(CC2(N(C)C)CCC2)C1=O. The Morgan fingerprint density at radius 2 is 2.06 bits per heavy atom. The van der Waals surface area contributed by atoms with Gasteiger partial charge in [-0.2, -0.15) is 0 Å². The van der Waals surface area contributed by atoms with Crippen LogP contribution in [0.5, 0.6) is 0 Å². The molecule has 1 aliphatic heterocycles. The third-order valence-electron chi connectivity index (χ3n) is 4.80. The van der Waals surface area contributed by atoms with Gasteiger partial charge in [-0.15, -0.1) is 0 Å². The minimum absolute atomic E-state index is 0.000659. The number of amides is 1. The number of nitrogens with zero attached hydrogens (tertiary/aromatic N) is 2. The third kappa shape index (κ3) is 2.16. The Hall–Kier alpha value is -0.610. The Balaban J connectivity index is 2.07. The molecule has 0 aromatic carbocycles. The molecular formula is C14H27N3O. The van der Waals surface area contributed by atoms with E-state index in [2.05, 4.69) is 45.1 Å². The highest BCUT2D eigenvalue weighted by molar-refractivity contribution is 5.84. The van der Waals surface area contributed by atoms with Gasteiger partial charge in [-0.25, -0.2) is 0 Å². The summed E-state index contributed by atoms with van der Waals surface area (Å²) in [5.74, 6) is 0.646. The zero-order valence-corrected chi connectivity index (χ0v) is 12.4. The first-order valence-corrected chi connectivity index (χ1v) is 7.11. The first-order chi connectivity index (χ1) is 8.37. The number of nitrogens with one attached hydrogen (secondary N) is 1. The highest BCUT2D eigenvalue weighted by Gasteiger charge is 2.46. The van der Waals surface area contributed by atoms with Gasteiger partial charge in [0.05, 0.1) is 12.2 Å². The van der Waals surface area contributed by atoms with E-state index >= 15 is 0 Å². The molecule has 104 valence electrons. The third-order valence-corrected chi connectivity index (χ3v) is 4.80. The standard InChI is InChI=1S/C14H27N3O/c1-10(2)12-13(18)17(11(3)15-12)9-14(16(4)5)7-6-8-14/h10-12,15H,6-9H2,1-5H3. The first-order valence-electron chi connectivity index (χ1n) is 7.11. The molecule has 2 atom stereocenters. The van der Waals surface area contributed by atoms with Gasteiger partial charge in [0.1, 0.15) is 0 Å². The average molecular weight is 253 g/mol. The van der Waals surface area contributed by atoms with E-state index in [0.717, 1.165) is 6.54 Å². The summed E-state index contributed by atoms with van der Waals surface area (Å²) in [6.45, 7) is 7.19. The molecule has 1 saturated heterocycles. The van der Waals surface area contributed by atoms with Crippen molar-refractivity contribution < 1.29 is 4.79 Å². The number of rotatable bonds is 4. The Kier molecular flexibility index (Phi) is 3.70. The first kappa shape index (κ1) is 13.8. The van der Waals surface area contributed by atoms with Crippen molar-refractivity contribution in [2.45, 2.75) is 57.8 Å². The number of carbonyl (C=O) groups excluding carboxylic acids is 1. The van der Waals surface area contributed by atoms with Crippen LogP contribution >= 0.6 is 0 Å². The maximum Gasteiger partial charge on any atom is 0.241 e. The lowest BCUT2D eigenvalue weighted by Crippen LogP contribution is -2.58. The van der Waals surface area contributed by atoms with Crippen molar-refractivity contribution >= 4 is 5.91 Å². The van der Waals surface area contributed by atoms with Crippen LogP contribution in [0.4, 0.5) is 0 Å². The van der Waals surface area contributed by atoms with Crippen LogP contribution in [0.1, 0.15) is 40.0 Å². The lowest BCUT2D eigenvalue weighted by atomic mass is 9.75. The molecule has 1 saturated carbocycles. The molecule has 1 aliphatic carbocycles. The molecule has 4 heteroatoms. The van der Waals surface area contributed by atoms with Crippen LogP contribution < -0.4 is 5.32 Å². The van der Waals surface area contributed by atoms with Gasteiger partial charge in [-0.3, -0.25) is 10.1 Å². The molecule has 1 N–H and O–H groups in total. The normalized spacial score (nSPS) is 31.3. The second kappa shape index (κ2) is 4.82. The van der Waals surface area contributed by atoms with Crippen molar-refractivity contribution in [3.8, 4) is 0 Å². The molecule has 4 nitrogen and oxygen atoms in total. The quantitative estimate of drug-likeness (QED) is 0.819. The molecule has 0 radical (unpaired) electrons. The van der Waals surface area contributed by atoms with Crippen LogP contribution in [0.2, 0.25) is 0 Å². The van der Waals surface area contributed by atoms with Crippen LogP contribution in [0.3, 0.4) is 0 Å². The van der Waals surface area contributed by atoms with E-state index in [0.29, 0.717) is 5.92 Å². The smallest absolute Gasteiger partial charge is 0.241 e. The molecule has 0 spiro atoms. The van der Waals surface area contributed by atoms with Gasteiger partial charge >= 0.3 is 0 Å². The van der Waals surface area contributed by atoms with Crippen LogP contribution in [0, 0.1) is 5.92 Å². The van der Waals surface area contributed by atoms with Crippen molar-refractivity contribution in [2.75, 3.05) is 20.6 Å². The fourth-order valence-electron chi connectivity index (χ4n) is 3.13. The van der Waals surface area contributed by atoms with Crippen LogP contribution in [-0.4, -0.2) is 54.1 Å². The van der Waals surface area contributed by atoms with E-state index in [1.54, 1.807) is 0 Å². The van der Waals surface area contributed by atoms with Gasteiger partial charge in [0.15, 0.2) is 0 Å². The summed E-state index contributed by atoms with van der Waals surface area (Å²) in [4.78, 5) is 16.8. The molecule has 2 unspecified atom stereocenters. The van der Waals surface area contributed by atoms with Crippen LogP contribution in [-0.2, 0) is 4.79 Å². The van der Waals surface area contributed by atoms with Crippen molar-refractivity contribution in [1.82, 2.24) is 15.1 Å². The summed E-state index contributed by atoms with van der Waals surface area (Å²) in [5.41, 5.74) is 0.220. The van der Waals surface area contributed by atoms with E-state index in [9.17, 15) is 4.79 Å². The Labute approximate surface area is 111 Å². The van der Waals surface area contributed by atoms with E-state index in [4.69, 9.17) is 0 Å². The second-order valence-electron chi connectivity index (χ2n) is 6.50. The monoisotopic (exact) mass is 253 g/mol. The highest BCUT2D eigenvalue weighted by Crippen LogP contribution is 2.38. The Morgan fingerprint density at radius 3 is 2.39 bits per heavy atom. The van der Waals surface area contributed by atoms with Gasteiger partial charge in [-0.05, 0) is 46.2 Å². The maximum absolute atomic E-state index is 12.4. The molecule has 2 fully saturated rings. The zero-order valence-electron chi connectivity index (χ0n) is 12.4. The van der Waals surface area contributed by atoms with Gasteiger partial charge < -0.3 is 9.80 Å². The summed E-state index contributed by atoms with van der Waals surface area (Å²) < 4.78 is 0. The van der Waals surface area contributed by atoms with Crippen LogP contribution in [0.25, 0.3) is 0 Å². The number of carbonyl (C=O) groups is 1. The van der Waals surface area contributed by atoms with E-state index < -0.39 is 0 Å². The molecule has 1 amide bonds. The maximum atomic E-state index is 12.4. The Morgan fingerprint density at radius 1 is 1.44 bits per heavy atom. The molecular weight excluding hydrogens is 226 g/mol. The van der Waals surface area contributed by atoms with Gasteiger partial charge in [0, 0.05) is 12.1 Å². The van der Waals surface area contributed by atoms with Gasteiger partial charge in [0.25, 0.3) is 0 Å². The molecule has 2 rings (SSSR count). The largest absolute Gasteiger partial charge is 0.324 e. The summed E-state index contributed by atoms with van der Waals surface area (Å²) in [6.07, 6.45) is 3.88. The molecule has 18 heavy (non-hydrogen) atoms. The van der Waals surface area contributed by atoms with Crippen molar-refractivity contribution in [1.29, 1.82) is 0 Å². The average Bonchev–Trinajstić information content (AvgIpc) is 2.49. The van der Waals surface area contributed by atoms with Crippen molar-refractivity contribution in [3.63, 3.8) is 0 Å². The van der Waals surface area contributed by atoms with Crippen LogP contribution in [0.15, 0.2) is 0 Å². The molecule has 0 bridgehead atoms. The predicted molar refractivity (Wildman–Crippen MR) is 73.2 cm³/mol. The van der Waals surface area contributed by atoms with Crippen molar-refractivity contribution in [3.05, 3.63) is 0 Å².